The Morgan fingerprint density at radius 3 is 2.00 bits per heavy atom. The summed E-state index contributed by atoms with van der Waals surface area (Å²) in [6, 6.07) is 0. The largest absolute Gasteiger partial charge is 0.478 e. The minimum atomic E-state index is -1.10. The van der Waals surface area contributed by atoms with Crippen LogP contribution in [0.2, 0.25) is 0 Å². The number of carbonyl (C=O) groups is 2. The summed E-state index contributed by atoms with van der Waals surface area (Å²) in [4.78, 5) is 22.0. The molecule has 0 saturated heterocycles. The average molecular weight is 212 g/mol. The van der Waals surface area contributed by atoms with Crippen molar-refractivity contribution in [3.8, 4) is 0 Å². The van der Waals surface area contributed by atoms with Crippen molar-refractivity contribution in [1.82, 2.24) is 0 Å². The smallest absolute Gasteiger partial charge is 0.332 e. The molecule has 4 nitrogen and oxygen atoms in total. The summed E-state index contributed by atoms with van der Waals surface area (Å²) >= 11 is 0. The highest BCUT2D eigenvalue weighted by Crippen LogP contribution is 2.33. The zero-order valence-corrected chi connectivity index (χ0v) is 8.82. The number of carboxylic acids is 2. The molecule has 84 valence electrons. The van der Waals surface area contributed by atoms with Gasteiger partial charge in [0.1, 0.15) is 0 Å². The van der Waals surface area contributed by atoms with Gasteiger partial charge in [0, 0.05) is 5.57 Å². The van der Waals surface area contributed by atoms with Crippen LogP contribution in [0.15, 0.2) is 11.1 Å². The zero-order valence-electron chi connectivity index (χ0n) is 8.82. The first-order valence-corrected chi connectivity index (χ1v) is 5.27. The first-order valence-electron chi connectivity index (χ1n) is 5.27. The lowest BCUT2D eigenvalue weighted by Crippen LogP contribution is -2.17. The van der Waals surface area contributed by atoms with Crippen LogP contribution in [-0.4, -0.2) is 22.2 Å². The van der Waals surface area contributed by atoms with Crippen LogP contribution in [0.4, 0.5) is 0 Å². The van der Waals surface area contributed by atoms with Crippen LogP contribution in [0.25, 0.3) is 0 Å². The molecule has 0 aliphatic heterocycles. The molecule has 1 fully saturated rings. The topological polar surface area (TPSA) is 74.6 Å². The molecule has 0 amide bonds. The number of aliphatic carboxylic acids is 2. The van der Waals surface area contributed by atoms with Gasteiger partial charge in [0.15, 0.2) is 0 Å². The molecule has 0 aromatic heterocycles. The van der Waals surface area contributed by atoms with Gasteiger partial charge in [0.05, 0.1) is 5.57 Å². The highest BCUT2D eigenvalue weighted by molar-refractivity contribution is 5.99. The Bertz CT molecular complexity index is 298. The normalized spacial score (nSPS) is 18.7. The maximum atomic E-state index is 11.1. The third-order valence-electron chi connectivity index (χ3n) is 2.93. The van der Waals surface area contributed by atoms with E-state index in [1.54, 1.807) is 6.92 Å². The van der Waals surface area contributed by atoms with Crippen molar-refractivity contribution >= 4 is 11.9 Å². The summed E-state index contributed by atoms with van der Waals surface area (Å²) in [5.41, 5.74) is 0.192. The quantitative estimate of drug-likeness (QED) is 0.699. The van der Waals surface area contributed by atoms with Gasteiger partial charge in [-0.05, 0) is 25.2 Å². The molecule has 1 aliphatic rings. The van der Waals surface area contributed by atoms with Crippen LogP contribution in [0, 0.1) is 5.92 Å². The van der Waals surface area contributed by atoms with Crippen LogP contribution in [0.5, 0.6) is 0 Å². The fourth-order valence-corrected chi connectivity index (χ4v) is 2.22. The molecule has 0 aromatic carbocycles. The van der Waals surface area contributed by atoms with Crippen LogP contribution >= 0.6 is 0 Å². The van der Waals surface area contributed by atoms with E-state index in [-0.39, 0.29) is 23.5 Å². The Labute approximate surface area is 88.6 Å². The van der Waals surface area contributed by atoms with E-state index < -0.39 is 11.9 Å². The van der Waals surface area contributed by atoms with E-state index in [1.807, 2.05) is 0 Å². The number of rotatable bonds is 4. The lowest BCUT2D eigenvalue weighted by molar-refractivity contribution is -0.136. The molecule has 0 unspecified atom stereocenters. The zero-order chi connectivity index (χ0) is 11.4. The summed E-state index contributed by atoms with van der Waals surface area (Å²) in [5.74, 6) is -2.23. The molecule has 0 radical (unpaired) electrons. The van der Waals surface area contributed by atoms with Crippen molar-refractivity contribution in [3.05, 3.63) is 11.1 Å². The Balaban J connectivity index is 3.07. The van der Waals surface area contributed by atoms with Crippen molar-refractivity contribution < 1.29 is 19.8 Å². The highest BCUT2D eigenvalue weighted by atomic mass is 16.4. The Morgan fingerprint density at radius 1 is 1.13 bits per heavy atom. The first-order chi connectivity index (χ1) is 7.07. The maximum absolute atomic E-state index is 11.1. The van der Waals surface area contributed by atoms with Gasteiger partial charge >= 0.3 is 11.9 Å². The van der Waals surface area contributed by atoms with Gasteiger partial charge in [-0.15, -0.1) is 0 Å². The molecule has 0 spiro atoms. The van der Waals surface area contributed by atoms with E-state index in [2.05, 4.69) is 0 Å². The molecule has 0 heterocycles. The van der Waals surface area contributed by atoms with Crippen molar-refractivity contribution in [1.29, 1.82) is 0 Å². The van der Waals surface area contributed by atoms with E-state index in [0.29, 0.717) is 0 Å². The molecular weight excluding hydrogens is 196 g/mol. The molecule has 4 heteroatoms. The summed E-state index contributed by atoms with van der Waals surface area (Å²) < 4.78 is 0. The third kappa shape index (κ3) is 2.58. The molecule has 0 bridgehead atoms. The van der Waals surface area contributed by atoms with Gasteiger partial charge in [-0.25, -0.2) is 9.59 Å². The minimum Gasteiger partial charge on any atom is -0.478 e. The molecule has 1 saturated carbocycles. The predicted octanol–water partition coefficient (Wildman–Crippen LogP) is 2.05. The lowest BCUT2D eigenvalue weighted by Gasteiger charge is -2.13. The Hall–Kier alpha value is -1.32. The first kappa shape index (κ1) is 11.8. The van der Waals surface area contributed by atoms with Crippen LogP contribution in [0.1, 0.15) is 39.0 Å². The monoisotopic (exact) mass is 212 g/mol. The predicted molar refractivity (Wildman–Crippen MR) is 54.5 cm³/mol. The number of hydrogen-bond donors (Lipinski definition) is 2. The molecule has 15 heavy (non-hydrogen) atoms. The second-order valence-corrected chi connectivity index (χ2v) is 3.84. The van der Waals surface area contributed by atoms with E-state index in [9.17, 15) is 9.59 Å². The molecule has 0 atom stereocenters. The van der Waals surface area contributed by atoms with Gasteiger partial charge in [-0.1, -0.05) is 19.8 Å². The van der Waals surface area contributed by atoms with E-state index in [0.717, 1.165) is 25.7 Å². The summed E-state index contributed by atoms with van der Waals surface area (Å²) in [6.07, 6.45) is 3.88. The van der Waals surface area contributed by atoms with E-state index in [1.165, 1.54) is 0 Å². The van der Waals surface area contributed by atoms with Crippen molar-refractivity contribution in [2.45, 2.75) is 39.0 Å². The van der Waals surface area contributed by atoms with Gasteiger partial charge in [-0.2, -0.15) is 0 Å². The summed E-state index contributed by atoms with van der Waals surface area (Å²) in [7, 11) is 0. The van der Waals surface area contributed by atoms with E-state index >= 15 is 0 Å². The molecular formula is C11H16O4. The van der Waals surface area contributed by atoms with Crippen molar-refractivity contribution in [2.75, 3.05) is 0 Å². The van der Waals surface area contributed by atoms with Crippen molar-refractivity contribution in [2.24, 2.45) is 5.92 Å². The van der Waals surface area contributed by atoms with Crippen LogP contribution in [0.3, 0.4) is 0 Å². The second-order valence-electron chi connectivity index (χ2n) is 3.84. The second kappa shape index (κ2) is 4.96. The van der Waals surface area contributed by atoms with Gasteiger partial charge < -0.3 is 10.2 Å². The SMILES string of the molecule is CC/C(C(=O)O)=C(/C(=O)O)C1CCCC1. The fourth-order valence-electron chi connectivity index (χ4n) is 2.22. The number of hydrogen-bond acceptors (Lipinski definition) is 2. The lowest BCUT2D eigenvalue weighted by atomic mass is 9.91. The van der Waals surface area contributed by atoms with Crippen molar-refractivity contribution in [3.63, 3.8) is 0 Å². The van der Waals surface area contributed by atoms with Gasteiger partial charge in [-0.3, -0.25) is 0 Å². The summed E-state index contributed by atoms with van der Waals surface area (Å²) in [5, 5.41) is 18.0. The molecule has 2 N–H and O–H groups in total. The van der Waals surface area contributed by atoms with Gasteiger partial charge in [0.25, 0.3) is 0 Å². The van der Waals surface area contributed by atoms with Crippen LogP contribution < -0.4 is 0 Å². The minimum absolute atomic E-state index is 0.0615. The van der Waals surface area contributed by atoms with Crippen LogP contribution in [-0.2, 0) is 9.59 Å². The fraction of sp³-hybridized carbons (Fsp3) is 0.636. The number of carboxylic acid groups (broad SMARTS) is 2. The van der Waals surface area contributed by atoms with E-state index in [4.69, 9.17) is 10.2 Å². The summed E-state index contributed by atoms with van der Waals surface area (Å²) in [6.45, 7) is 1.68. The molecule has 0 aromatic rings. The molecule has 1 rings (SSSR count). The third-order valence-corrected chi connectivity index (χ3v) is 2.93. The average Bonchev–Trinajstić information content (AvgIpc) is 2.64. The Morgan fingerprint density at radius 2 is 1.67 bits per heavy atom. The highest BCUT2D eigenvalue weighted by Gasteiger charge is 2.28. The van der Waals surface area contributed by atoms with Gasteiger partial charge in [0.2, 0.25) is 0 Å². The maximum Gasteiger partial charge on any atom is 0.332 e. The Kier molecular flexibility index (Phi) is 3.88. The molecule has 1 aliphatic carbocycles. The standard InChI is InChI=1S/C11H16O4/c1-2-8(10(12)13)9(11(14)15)7-5-3-4-6-7/h7H,2-6H2,1H3,(H,12,13)(H,14,15)/b9-8-.